The minimum atomic E-state index is -0.572. The topological polar surface area (TPSA) is 15.8 Å². The molecule has 110 valence electrons. The molecule has 0 unspecified atom stereocenters. The molecule has 0 fully saturated rings. The van der Waals surface area contributed by atoms with Crippen molar-refractivity contribution in [3.63, 3.8) is 0 Å². The van der Waals surface area contributed by atoms with Crippen LogP contribution in [0.25, 0.3) is 22.2 Å². The fourth-order valence-corrected chi connectivity index (χ4v) is 4.78. The van der Waals surface area contributed by atoms with Crippen molar-refractivity contribution in [1.29, 1.82) is 0 Å². The normalized spacial score (nSPS) is 15.1. The van der Waals surface area contributed by atoms with Crippen LogP contribution < -0.4 is 0 Å². The van der Waals surface area contributed by atoms with Gasteiger partial charge in [-0.3, -0.25) is 0 Å². The number of hydrogen-bond acceptors (Lipinski definition) is 0. The van der Waals surface area contributed by atoms with E-state index >= 15 is 0 Å². The monoisotopic (exact) mass is 329 g/mol. The molecule has 1 aliphatic heterocycles. The van der Waals surface area contributed by atoms with E-state index in [0.29, 0.717) is 0 Å². The summed E-state index contributed by atoms with van der Waals surface area (Å²) in [7, 11) is -0.572. The van der Waals surface area contributed by atoms with Crippen LogP contribution in [0, 0.1) is 5.82 Å². The Balaban J connectivity index is 2.05. The Kier molecular flexibility index (Phi) is 3.32. The van der Waals surface area contributed by atoms with Gasteiger partial charge in [-0.2, -0.15) is 10.9 Å². The highest BCUT2D eigenvalue weighted by Crippen LogP contribution is 2.50. The number of aromatic amines is 1. The summed E-state index contributed by atoms with van der Waals surface area (Å²) in [6.07, 6.45) is 4.09. The van der Waals surface area contributed by atoms with Crippen LogP contribution in [0.2, 0.25) is 5.02 Å². The van der Waals surface area contributed by atoms with E-state index in [2.05, 4.69) is 27.9 Å². The Bertz CT molecular complexity index is 900. The molecule has 0 atom stereocenters. The third-order valence-electron chi connectivity index (χ3n) is 3.74. The Hall–Kier alpha value is -1.97. The van der Waals surface area contributed by atoms with Crippen molar-refractivity contribution in [1.82, 2.24) is 4.98 Å². The summed E-state index contributed by atoms with van der Waals surface area (Å²) in [6, 6.07) is 13.3. The number of fused-ring (bicyclic) bond motifs is 1. The maximum absolute atomic E-state index is 14.0. The second kappa shape index (κ2) is 5.34. The van der Waals surface area contributed by atoms with Gasteiger partial charge in [0, 0.05) is 15.8 Å². The molecule has 1 N–H and O–H groups in total. The molecule has 0 saturated heterocycles. The number of nitrogens with one attached hydrogen (secondary N) is 1. The Morgan fingerprint density at radius 2 is 1.73 bits per heavy atom. The van der Waals surface area contributed by atoms with Gasteiger partial charge in [-0.15, -0.1) is 0 Å². The summed E-state index contributed by atoms with van der Waals surface area (Å²) in [5, 5.41) is 5.40. The second-order valence-electron chi connectivity index (χ2n) is 5.12. The lowest BCUT2D eigenvalue weighted by atomic mass is 10.1. The first-order valence-corrected chi connectivity index (χ1v) is 8.79. The highest BCUT2D eigenvalue weighted by atomic mass is 35.5. The molecular weight excluding hydrogens is 317 g/mol. The number of hydrogen-bond donors (Lipinski definition) is 2. The molecular formula is C18H13ClFNS. The highest BCUT2D eigenvalue weighted by molar-refractivity contribution is 8.22. The molecule has 0 spiro atoms. The van der Waals surface area contributed by atoms with E-state index in [1.165, 1.54) is 6.07 Å². The van der Waals surface area contributed by atoms with Crippen LogP contribution in [0.3, 0.4) is 0 Å². The summed E-state index contributed by atoms with van der Waals surface area (Å²) in [4.78, 5) is 4.57. The summed E-state index contributed by atoms with van der Waals surface area (Å²) >= 11 is 5.94. The molecule has 1 aliphatic rings. The largest absolute Gasteiger partial charge is 0.354 e. The number of benzene rings is 2. The lowest BCUT2D eigenvalue weighted by Crippen LogP contribution is -1.82. The molecule has 2 aromatic carbocycles. The lowest BCUT2D eigenvalue weighted by molar-refractivity contribution is 0.630. The summed E-state index contributed by atoms with van der Waals surface area (Å²) in [5.74, 6) is -0.379. The van der Waals surface area contributed by atoms with Gasteiger partial charge in [-0.1, -0.05) is 54.1 Å². The van der Waals surface area contributed by atoms with Gasteiger partial charge < -0.3 is 4.98 Å². The molecule has 2 heterocycles. The molecule has 3 aromatic rings. The summed E-state index contributed by atoms with van der Waals surface area (Å²) in [6.45, 7) is 0. The van der Waals surface area contributed by atoms with Gasteiger partial charge in [0.25, 0.3) is 0 Å². The van der Waals surface area contributed by atoms with Crippen molar-refractivity contribution in [2.75, 3.05) is 0 Å². The molecule has 0 radical (unpaired) electrons. The Morgan fingerprint density at radius 3 is 2.45 bits per heavy atom. The Morgan fingerprint density at radius 1 is 1.00 bits per heavy atom. The van der Waals surface area contributed by atoms with Crippen LogP contribution in [-0.4, -0.2) is 4.98 Å². The van der Waals surface area contributed by atoms with E-state index in [4.69, 9.17) is 11.6 Å². The average Bonchev–Trinajstić information content (AvgIpc) is 3.16. The number of allylic oxidation sites excluding steroid dienone is 2. The second-order valence-corrected chi connectivity index (χ2v) is 7.38. The summed E-state index contributed by atoms with van der Waals surface area (Å²) < 4.78 is 14.0. The van der Waals surface area contributed by atoms with Gasteiger partial charge in [-0.05, 0) is 28.5 Å². The number of aromatic nitrogens is 1. The van der Waals surface area contributed by atoms with Crippen molar-refractivity contribution in [3.05, 3.63) is 76.3 Å². The van der Waals surface area contributed by atoms with Crippen LogP contribution in [-0.2, 0) is 0 Å². The predicted molar refractivity (Wildman–Crippen MR) is 94.2 cm³/mol. The van der Waals surface area contributed by atoms with E-state index in [1.807, 2.05) is 30.4 Å². The van der Waals surface area contributed by atoms with Crippen LogP contribution >= 0.6 is 22.5 Å². The fraction of sp³-hybridized carbons (Fsp3) is 0. The molecule has 0 saturated carbocycles. The third kappa shape index (κ3) is 2.18. The van der Waals surface area contributed by atoms with Crippen molar-refractivity contribution in [2.45, 2.75) is 4.90 Å². The number of halogens is 2. The van der Waals surface area contributed by atoms with Crippen LogP contribution in [0.4, 0.5) is 4.39 Å². The third-order valence-corrected chi connectivity index (χ3v) is 5.99. The number of thiol groups is 1. The predicted octanol–water partition coefficient (Wildman–Crippen LogP) is 6.03. The quantitative estimate of drug-likeness (QED) is 0.534. The van der Waals surface area contributed by atoms with Crippen LogP contribution in [0.15, 0.2) is 70.3 Å². The van der Waals surface area contributed by atoms with E-state index in [9.17, 15) is 4.39 Å². The molecule has 4 heteroatoms. The van der Waals surface area contributed by atoms with Gasteiger partial charge in [0.2, 0.25) is 0 Å². The zero-order chi connectivity index (χ0) is 15.1. The molecule has 4 rings (SSSR count). The SMILES string of the molecule is Fc1cc2c([SH]3C=CC=C3)c(-c3ccccc3)[nH]c2cc1Cl. The maximum atomic E-state index is 14.0. The van der Waals surface area contributed by atoms with Crippen LogP contribution in [0.1, 0.15) is 0 Å². The highest BCUT2D eigenvalue weighted by Gasteiger charge is 2.19. The van der Waals surface area contributed by atoms with Crippen molar-refractivity contribution >= 4 is 33.4 Å². The molecule has 1 nitrogen and oxygen atoms in total. The smallest absolute Gasteiger partial charge is 0.142 e. The van der Waals surface area contributed by atoms with Gasteiger partial charge in [0.1, 0.15) is 5.82 Å². The van der Waals surface area contributed by atoms with Gasteiger partial charge in [-0.25, -0.2) is 4.39 Å². The van der Waals surface area contributed by atoms with E-state index in [0.717, 1.165) is 27.1 Å². The zero-order valence-corrected chi connectivity index (χ0v) is 13.2. The van der Waals surface area contributed by atoms with Crippen molar-refractivity contribution < 1.29 is 4.39 Å². The van der Waals surface area contributed by atoms with Crippen LogP contribution in [0.5, 0.6) is 0 Å². The zero-order valence-electron chi connectivity index (χ0n) is 11.6. The fourth-order valence-electron chi connectivity index (χ4n) is 2.74. The molecule has 1 aromatic heterocycles. The molecule has 0 amide bonds. The molecule has 22 heavy (non-hydrogen) atoms. The lowest BCUT2D eigenvalue weighted by Gasteiger charge is -2.13. The average molecular weight is 330 g/mol. The number of H-pyrrole nitrogens is 1. The first-order valence-electron chi connectivity index (χ1n) is 6.93. The first kappa shape index (κ1) is 13.7. The van der Waals surface area contributed by atoms with E-state index < -0.39 is 10.9 Å². The van der Waals surface area contributed by atoms with Gasteiger partial charge >= 0.3 is 0 Å². The first-order chi connectivity index (χ1) is 10.7. The van der Waals surface area contributed by atoms with E-state index in [1.54, 1.807) is 6.07 Å². The minimum Gasteiger partial charge on any atom is -0.354 e. The molecule has 0 aliphatic carbocycles. The van der Waals surface area contributed by atoms with E-state index in [-0.39, 0.29) is 10.8 Å². The number of rotatable bonds is 2. The van der Waals surface area contributed by atoms with Gasteiger partial charge in [0.05, 0.1) is 10.7 Å². The van der Waals surface area contributed by atoms with Gasteiger partial charge in [0.15, 0.2) is 0 Å². The van der Waals surface area contributed by atoms with Crippen molar-refractivity contribution in [2.24, 2.45) is 0 Å². The standard InChI is InChI=1S/C18H13ClFNS/c19-14-11-16-13(10-15(14)20)18(22-8-4-5-9-22)17(21-16)12-6-2-1-3-7-12/h1-11,21-22H. The maximum Gasteiger partial charge on any atom is 0.142 e. The molecule has 0 bridgehead atoms. The summed E-state index contributed by atoms with van der Waals surface area (Å²) in [5.41, 5.74) is 3.01. The minimum absolute atomic E-state index is 0.144. The van der Waals surface area contributed by atoms with Crippen molar-refractivity contribution in [3.8, 4) is 11.3 Å². The Labute approximate surface area is 135 Å².